The summed E-state index contributed by atoms with van der Waals surface area (Å²) >= 11 is 1.03. The lowest BCUT2D eigenvalue weighted by Crippen LogP contribution is -2.21. The van der Waals surface area contributed by atoms with Gasteiger partial charge in [0.2, 0.25) is 0 Å². The van der Waals surface area contributed by atoms with E-state index in [1.54, 1.807) is 19.9 Å². The van der Waals surface area contributed by atoms with Crippen molar-refractivity contribution >= 4 is 39.8 Å². The van der Waals surface area contributed by atoms with Crippen molar-refractivity contribution in [3.63, 3.8) is 0 Å². The fourth-order valence-electron chi connectivity index (χ4n) is 3.85. The average molecular weight is 495 g/mol. The van der Waals surface area contributed by atoms with E-state index in [4.69, 9.17) is 9.47 Å². The van der Waals surface area contributed by atoms with Crippen molar-refractivity contribution in [3.8, 4) is 5.75 Å². The van der Waals surface area contributed by atoms with E-state index < -0.39 is 11.9 Å². The van der Waals surface area contributed by atoms with Gasteiger partial charge in [0.1, 0.15) is 10.8 Å². The second-order valence-corrected chi connectivity index (χ2v) is 9.34. The number of esters is 1. The van der Waals surface area contributed by atoms with Crippen LogP contribution in [0.15, 0.2) is 36.4 Å². The first-order chi connectivity index (χ1) is 16.6. The molecule has 0 aliphatic carbocycles. The number of rotatable bonds is 8. The number of amides is 2. The molecule has 0 unspecified atom stereocenters. The SMILES string of the molecule is CCOC(=O)c1c(NC(=O)COc2c(C)cc(C)cc2C)sc(C(=O)Nc2ccccc2C)c1C. The Bertz CT molecular complexity index is 1260. The Balaban J connectivity index is 1.83. The summed E-state index contributed by atoms with van der Waals surface area (Å²) in [6, 6.07) is 11.4. The van der Waals surface area contributed by atoms with Gasteiger partial charge in [0.05, 0.1) is 17.0 Å². The van der Waals surface area contributed by atoms with E-state index in [1.807, 2.05) is 58.0 Å². The van der Waals surface area contributed by atoms with Crippen LogP contribution in [0.4, 0.5) is 10.7 Å². The monoisotopic (exact) mass is 494 g/mol. The Morgan fingerprint density at radius 3 is 2.20 bits per heavy atom. The molecule has 0 saturated carbocycles. The largest absolute Gasteiger partial charge is 0.483 e. The number of carbonyl (C=O) groups is 3. The zero-order chi connectivity index (χ0) is 25.7. The van der Waals surface area contributed by atoms with E-state index in [-0.39, 0.29) is 29.7 Å². The molecule has 2 aromatic carbocycles. The summed E-state index contributed by atoms with van der Waals surface area (Å²) in [4.78, 5) is 38.8. The van der Waals surface area contributed by atoms with Crippen LogP contribution in [0.2, 0.25) is 0 Å². The fourth-order valence-corrected chi connectivity index (χ4v) is 4.96. The lowest BCUT2D eigenvalue weighted by Gasteiger charge is -2.13. The molecule has 0 aliphatic heterocycles. The Morgan fingerprint density at radius 2 is 1.57 bits per heavy atom. The van der Waals surface area contributed by atoms with Crippen LogP contribution < -0.4 is 15.4 Å². The van der Waals surface area contributed by atoms with Crippen molar-refractivity contribution < 1.29 is 23.9 Å². The number of thiophene rings is 1. The van der Waals surface area contributed by atoms with Crippen LogP contribution in [0.25, 0.3) is 0 Å². The van der Waals surface area contributed by atoms with Crippen LogP contribution in [0.3, 0.4) is 0 Å². The smallest absolute Gasteiger partial charge is 0.341 e. The second-order valence-electron chi connectivity index (χ2n) is 8.31. The van der Waals surface area contributed by atoms with Crippen molar-refractivity contribution in [2.24, 2.45) is 0 Å². The molecule has 35 heavy (non-hydrogen) atoms. The maximum absolute atomic E-state index is 13.0. The van der Waals surface area contributed by atoms with Crippen molar-refractivity contribution in [3.05, 3.63) is 74.7 Å². The number of ether oxygens (including phenoxy) is 2. The van der Waals surface area contributed by atoms with Gasteiger partial charge in [-0.2, -0.15) is 0 Å². The molecular weight excluding hydrogens is 464 g/mol. The van der Waals surface area contributed by atoms with E-state index in [9.17, 15) is 14.4 Å². The number of benzene rings is 2. The first-order valence-corrected chi connectivity index (χ1v) is 12.1. The van der Waals surface area contributed by atoms with Crippen molar-refractivity contribution in [1.82, 2.24) is 0 Å². The molecule has 0 spiro atoms. The molecule has 0 saturated heterocycles. The molecule has 1 aromatic heterocycles. The highest BCUT2D eigenvalue weighted by atomic mass is 32.1. The van der Waals surface area contributed by atoms with Gasteiger partial charge in [0.15, 0.2) is 6.61 Å². The maximum atomic E-state index is 13.0. The molecule has 3 aromatic rings. The van der Waals surface area contributed by atoms with Crippen LogP contribution >= 0.6 is 11.3 Å². The topological polar surface area (TPSA) is 93.7 Å². The highest BCUT2D eigenvalue weighted by Gasteiger charge is 2.27. The highest BCUT2D eigenvalue weighted by Crippen LogP contribution is 2.34. The molecule has 184 valence electrons. The van der Waals surface area contributed by atoms with Gasteiger partial charge in [-0.25, -0.2) is 4.79 Å². The van der Waals surface area contributed by atoms with Gasteiger partial charge in [-0.15, -0.1) is 11.3 Å². The fraction of sp³-hybridized carbons (Fsp3) is 0.296. The van der Waals surface area contributed by atoms with Gasteiger partial charge in [-0.3, -0.25) is 9.59 Å². The molecule has 0 radical (unpaired) electrons. The predicted octanol–water partition coefficient (Wildman–Crippen LogP) is 5.74. The van der Waals surface area contributed by atoms with E-state index >= 15 is 0 Å². The molecule has 1 heterocycles. The first-order valence-electron chi connectivity index (χ1n) is 11.3. The van der Waals surface area contributed by atoms with Crippen LogP contribution in [-0.4, -0.2) is 31.0 Å². The molecular formula is C27H30N2O5S. The third-order valence-electron chi connectivity index (χ3n) is 5.43. The van der Waals surface area contributed by atoms with Crippen LogP contribution in [0.5, 0.6) is 5.75 Å². The van der Waals surface area contributed by atoms with Gasteiger partial charge < -0.3 is 20.1 Å². The van der Waals surface area contributed by atoms with E-state index in [0.717, 1.165) is 33.6 Å². The summed E-state index contributed by atoms with van der Waals surface area (Å²) in [7, 11) is 0. The minimum atomic E-state index is -0.599. The summed E-state index contributed by atoms with van der Waals surface area (Å²) in [6.07, 6.45) is 0. The summed E-state index contributed by atoms with van der Waals surface area (Å²) < 4.78 is 11.0. The number of anilines is 2. The Morgan fingerprint density at radius 1 is 0.914 bits per heavy atom. The number of aryl methyl sites for hydroxylation is 4. The summed E-state index contributed by atoms with van der Waals surface area (Å²) in [6.45, 7) is 11.0. The summed E-state index contributed by atoms with van der Waals surface area (Å²) in [5, 5.41) is 5.86. The van der Waals surface area contributed by atoms with E-state index in [2.05, 4.69) is 10.6 Å². The Kier molecular flexibility index (Phi) is 8.30. The Hall–Kier alpha value is -3.65. The number of carbonyl (C=O) groups excluding carboxylic acids is 3. The second kappa shape index (κ2) is 11.2. The molecule has 2 N–H and O–H groups in total. The third kappa shape index (κ3) is 6.08. The van der Waals surface area contributed by atoms with Crippen molar-refractivity contribution in [2.45, 2.75) is 41.5 Å². The minimum absolute atomic E-state index is 0.168. The van der Waals surface area contributed by atoms with E-state index in [1.165, 1.54) is 0 Å². The molecule has 0 aliphatic rings. The third-order valence-corrected chi connectivity index (χ3v) is 6.64. The zero-order valence-corrected chi connectivity index (χ0v) is 21.6. The number of hydrogen-bond donors (Lipinski definition) is 2. The lowest BCUT2D eigenvalue weighted by atomic mass is 10.1. The van der Waals surface area contributed by atoms with Gasteiger partial charge in [0, 0.05) is 5.69 Å². The summed E-state index contributed by atoms with van der Waals surface area (Å²) in [5.41, 5.74) is 5.18. The van der Waals surface area contributed by atoms with Crippen LogP contribution in [0, 0.1) is 34.6 Å². The average Bonchev–Trinajstić information content (AvgIpc) is 3.10. The lowest BCUT2D eigenvalue weighted by molar-refractivity contribution is -0.118. The molecule has 8 heteroatoms. The standard InChI is InChI=1S/C27H30N2O5S/c1-7-33-27(32)22-19(6)24(25(31)28-20-11-9-8-10-16(20)3)35-26(22)29-21(30)14-34-23-17(4)12-15(2)13-18(23)5/h8-13H,7,14H2,1-6H3,(H,28,31)(H,29,30). The van der Waals surface area contributed by atoms with Crippen molar-refractivity contribution in [2.75, 3.05) is 23.8 Å². The molecule has 0 fully saturated rings. The number of nitrogens with one attached hydrogen (secondary N) is 2. The predicted molar refractivity (Wildman–Crippen MR) is 139 cm³/mol. The van der Waals surface area contributed by atoms with Crippen LogP contribution in [0.1, 0.15) is 54.8 Å². The molecule has 3 rings (SSSR count). The van der Waals surface area contributed by atoms with Gasteiger partial charge in [-0.1, -0.05) is 35.9 Å². The van der Waals surface area contributed by atoms with Gasteiger partial charge >= 0.3 is 5.97 Å². The maximum Gasteiger partial charge on any atom is 0.341 e. The quantitative estimate of drug-likeness (QED) is 0.390. The zero-order valence-electron chi connectivity index (χ0n) is 20.8. The normalized spacial score (nSPS) is 10.6. The molecule has 0 bridgehead atoms. The first kappa shape index (κ1) is 26.0. The molecule has 2 amide bonds. The minimum Gasteiger partial charge on any atom is -0.483 e. The van der Waals surface area contributed by atoms with Crippen molar-refractivity contribution in [1.29, 1.82) is 0 Å². The molecule has 0 atom stereocenters. The van der Waals surface area contributed by atoms with Gasteiger partial charge in [-0.05, 0) is 69.9 Å². The number of hydrogen-bond acceptors (Lipinski definition) is 6. The van der Waals surface area contributed by atoms with E-state index in [0.29, 0.717) is 21.9 Å². The highest BCUT2D eigenvalue weighted by molar-refractivity contribution is 7.19. The molecule has 7 nitrogen and oxygen atoms in total. The Labute approximate surface area is 209 Å². The summed E-state index contributed by atoms with van der Waals surface area (Å²) in [5.74, 6) is -0.758. The van der Waals surface area contributed by atoms with Crippen LogP contribution in [-0.2, 0) is 9.53 Å². The number of para-hydroxylation sites is 1. The van der Waals surface area contributed by atoms with Gasteiger partial charge in [0.25, 0.3) is 11.8 Å².